The van der Waals surface area contributed by atoms with Gasteiger partial charge in [0.1, 0.15) is 24.6 Å². The molecule has 7 atom stereocenters. The van der Waals surface area contributed by atoms with Gasteiger partial charge in [-0.3, -0.25) is 43.3 Å². The second-order valence-corrected chi connectivity index (χ2v) is 16.1. The van der Waals surface area contributed by atoms with E-state index in [1.54, 1.807) is 13.8 Å². The summed E-state index contributed by atoms with van der Waals surface area (Å²) in [6.45, 7) is 21.2. The average molecular weight is 900 g/mol. The molecule has 352 valence electrons. The van der Waals surface area contributed by atoms with Crippen LogP contribution < -0.4 is 26.6 Å². The van der Waals surface area contributed by atoms with Crippen LogP contribution in [0.2, 0.25) is 0 Å². The van der Waals surface area contributed by atoms with Gasteiger partial charge in [0, 0.05) is 24.4 Å². The van der Waals surface area contributed by atoms with E-state index in [0.29, 0.717) is 44.8 Å². The highest BCUT2D eigenvalue weighted by Crippen LogP contribution is 2.19. The van der Waals surface area contributed by atoms with Crippen molar-refractivity contribution >= 4 is 67.9 Å². The van der Waals surface area contributed by atoms with Crippen molar-refractivity contribution in [2.75, 3.05) is 66.6 Å². The number of carbonyl (C=O) groups excluding carboxylic acids is 8. The quantitative estimate of drug-likeness (QED) is 0.0502. The third kappa shape index (κ3) is 41.2. The molecule has 6 amide bonds. The molecule has 0 aromatic rings. The fourth-order valence-corrected chi connectivity index (χ4v) is 4.75. The normalized spacial score (nSPS) is 15.9. The zero-order valence-corrected chi connectivity index (χ0v) is 40.4. The number of carbonyl (C=O) groups is 8. The summed E-state index contributed by atoms with van der Waals surface area (Å²) in [6, 6.07) is 0.193. The number of amides is 6. The van der Waals surface area contributed by atoms with Crippen molar-refractivity contribution in [3.05, 3.63) is 0 Å². The number of nitrogens with zero attached hydrogens (tertiary/aromatic N) is 2. The van der Waals surface area contributed by atoms with E-state index >= 15 is 0 Å². The van der Waals surface area contributed by atoms with Gasteiger partial charge in [-0.05, 0) is 73.9 Å². The van der Waals surface area contributed by atoms with Gasteiger partial charge in [0.25, 0.3) is 6.47 Å². The van der Waals surface area contributed by atoms with E-state index in [1.807, 2.05) is 25.7 Å². The molecule has 21 heteroatoms. The molecule has 2 rings (SSSR count). The first-order chi connectivity index (χ1) is 28.3. The van der Waals surface area contributed by atoms with Gasteiger partial charge in [0.05, 0.1) is 39.5 Å². The predicted molar refractivity (Wildman–Crippen MR) is 239 cm³/mol. The standard InChI is InChI=1S/C14H28N4O6P2.C10H18N2O.C5H10O2.C4H7NO3.2C3H8/c1-9(17-8-20)23-5-11(25)12(26)6-24-10(2)18-14(22)4-16-13(21)3-15-7-19;1-11-6-4-5-9(11)10(13)12-7-2-3-8-12;1-5(2,3)7-4-6;1-8-4(7)2-5-3-6;2*1-3-2/h7-12H,3-6,25-26H2,1-2H3,(H,15,19)(H,16,21)(H,17,20)(H,18,22);9H,2-8H2,1H3;4H,1-3H3;3H,2H2,1H3,(H,5,6);2*3H2,1-2H3. The van der Waals surface area contributed by atoms with Crippen LogP contribution in [0, 0.1) is 0 Å². The maximum absolute atomic E-state index is 11.9. The van der Waals surface area contributed by atoms with Crippen LogP contribution in [0.5, 0.6) is 0 Å². The van der Waals surface area contributed by atoms with Gasteiger partial charge in [-0.15, -0.1) is 18.5 Å². The molecular formula is C39H79N7O12P2. The fourth-order valence-electron chi connectivity index (χ4n) is 4.31. The van der Waals surface area contributed by atoms with Crippen LogP contribution in [0.4, 0.5) is 0 Å². The molecular weight excluding hydrogens is 820 g/mol. The van der Waals surface area contributed by atoms with Crippen molar-refractivity contribution in [2.45, 2.75) is 136 Å². The highest BCUT2D eigenvalue weighted by atomic mass is 31.0. The van der Waals surface area contributed by atoms with Crippen LogP contribution in [0.1, 0.15) is 101 Å². The molecule has 2 heterocycles. The minimum absolute atomic E-state index is 0.0527. The molecule has 0 saturated carbocycles. The molecule has 2 aliphatic heterocycles. The lowest BCUT2D eigenvalue weighted by Gasteiger charge is -2.24. The molecule has 0 spiro atoms. The lowest BCUT2D eigenvalue weighted by Crippen LogP contribution is -2.44. The van der Waals surface area contributed by atoms with Gasteiger partial charge in [0.15, 0.2) is 0 Å². The van der Waals surface area contributed by atoms with Crippen molar-refractivity contribution in [3.8, 4) is 0 Å². The molecule has 0 aliphatic carbocycles. The van der Waals surface area contributed by atoms with Crippen molar-refractivity contribution in [1.82, 2.24) is 36.4 Å². The van der Waals surface area contributed by atoms with E-state index in [2.05, 4.69) is 94.2 Å². The first-order valence-corrected chi connectivity index (χ1v) is 21.6. The SMILES string of the molecule is CC(C)(C)OC=O.CC(NC=O)OCC(P)C(P)COC(C)NC(=O)CNC(=O)CNC=O.CCC.CCC.CN1CCCC1C(=O)N1CCCC1.COC(=O)CNC=O. The third-order valence-electron chi connectivity index (χ3n) is 7.27. The Hall–Kier alpha value is -3.50. The van der Waals surface area contributed by atoms with Crippen molar-refractivity contribution in [3.63, 3.8) is 0 Å². The Bertz CT molecular complexity index is 1150. The van der Waals surface area contributed by atoms with E-state index in [1.165, 1.54) is 39.2 Å². The Morgan fingerprint density at radius 2 is 1.25 bits per heavy atom. The Labute approximate surface area is 363 Å². The zero-order valence-electron chi connectivity index (χ0n) is 38.0. The topological polar surface area (TPSA) is 240 Å². The molecule has 19 nitrogen and oxygen atoms in total. The van der Waals surface area contributed by atoms with Crippen LogP contribution in [0.25, 0.3) is 0 Å². The summed E-state index contributed by atoms with van der Waals surface area (Å²) in [5.41, 5.74) is -0.192. The molecule has 7 unspecified atom stereocenters. The number of esters is 1. The van der Waals surface area contributed by atoms with Crippen molar-refractivity contribution in [1.29, 1.82) is 0 Å². The number of rotatable bonds is 20. The van der Waals surface area contributed by atoms with E-state index in [9.17, 15) is 38.4 Å². The first-order valence-electron chi connectivity index (χ1n) is 20.3. The first kappa shape index (κ1) is 63.1. The lowest BCUT2D eigenvalue weighted by atomic mass is 10.2. The van der Waals surface area contributed by atoms with Crippen LogP contribution in [-0.2, 0) is 57.3 Å². The van der Waals surface area contributed by atoms with Crippen molar-refractivity contribution in [2.24, 2.45) is 0 Å². The second kappa shape index (κ2) is 42.2. The second-order valence-electron chi connectivity index (χ2n) is 14.4. The number of likely N-dealkylation sites (tertiary alicyclic amines) is 2. The number of methoxy groups -OCH3 is 1. The molecule has 0 aromatic carbocycles. The number of hydrogen-bond acceptors (Lipinski definition) is 13. The molecule has 2 saturated heterocycles. The van der Waals surface area contributed by atoms with Gasteiger partial charge in [-0.2, -0.15) is 0 Å². The summed E-state index contributed by atoms with van der Waals surface area (Å²) >= 11 is 0. The van der Waals surface area contributed by atoms with Crippen LogP contribution in [0.3, 0.4) is 0 Å². The number of nitrogens with one attached hydrogen (secondary N) is 5. The fraction of sp³-hybridized carbons (Fsp3) is 0.795. The van der Waals surface area contributed by atoms with Crippen molar-refractivity contribution < 1.29 is 57.3 Å². The van der Waals surface area contributed by atoms with Gasteiger partial charge < -0.3 is 50.4 Å². The summed E-state index contributed by atoms with van der Waals surface area (Å²) in [5, 5.41) is 11.8. The Morgan fingerprint density at radius 1 is 0.750 bits per heavy atom. The molecule has 2 fully saturated rings. The largest absolute Gasteiger partial charge is 0.468 e. The zero-order chi connectivity index (χ0) is 46.9. The minimum Gasteiger partial charge on any atom is -0.468 e. The average Bonchev–Trinajstić information content (AvgIpc) is 3.90. The number of likely N-dealkylation sites (N-methyl/N-ethyl adjacent to an activating group) is 1. The molecule has 5 N–H and O–H groups in total. The Kier molecular flexibility index (Phi) is 44.4. The number of hydrogen-bond donors (Lipinski definition) is 5. The maximum Gasteiger partial charge on any atom is 0.325 e. The summed E-state index contributed by atoms with van der Waals surface area (Å²) in [6.07, 6.45) is 7.65. The van der Waals surface area contributed by atoms with Gasteiger partial charge >= 0.3 is 5.97 Å². The smallest absolute Gasteiger partial charge is 0.325 e. The molecule has 2 aliphatic rings. The maximum atomic E-state index is 11.9. The van der Waals surface area contributed by atoms with Crippen LogP contribution in [0.15, 0.2) is 0 Å². The number of ether oxygens (including phenoxy) is 4. The van der Waals surface area contributed by atoms with E-state index < -0.39 is 24.0 Å². The summed E-state index contributed by atoms with van der Waals surface area (Å²) in [4.78, 5) is 88.7. The highest BCUT2D eigenvalue weighted by Gasteiger charge is 2.32. The minimum atomic E-state index is -0.538. The predicted octanol–water partition coefficient (Wildman–Crippen LogP) is 1.32. The molecule has 60 heavy (non-hydrogen) atoms. The molecule has 0 radical (unpaired) electrons. The summed E-state index contributed by atoms with van der Waals surface area (Å²) in [5.74, 6) is -0.943. The van der Waals surface area contributed by atoms with E-state index in [4.69, 9.17) is 9.47 Å². The monoisotopic (exact) mass is 900 g/mol. The lowest BCUT2D eigenvalue weighted by molar-refractivity contribution is -0.140. The van der Waals surface area contributed by atoms with E-state index in [-0.39, 0.29) is 48.8 Å². The van der Waals surface area contributed by atoms with Crippen LogP contribution >= 0.6 is 18.5 Å². The van der Waals surface area contributed by atoms with E-state index in [0.717, 1.165) is 26.1 Å². The third-order valence-corrected chi connectivity index (χ3v) is 9.09. The summed E-state index contributed by atoms with van der Waals surface area (Å²) < 4.78 is 19.7. The van der Waals surface area contributed by atoms with Gasteiger partial charge in [0.2, 0.25) is 37.0 Å². The van der Waals surface area contributed by atoms with Gasteiger partial charge in [-0.25, -0.2) is 0 Å². The summed E-state index contributed by atoms with van der Waals surface area (Å²) in [7, 11) is 8.62. The highest BCUT2D eigenvalue weighted by molar-refractivity contribution is 7.23. The Balaban J connectivity index is -0.000000378. The van der Waals surface area contributed by atoms with Gasteiger partial charge in [-0.1, -0.05) is 40.5 Å². The molecule has 0 bridgehead atoms. The van der Waals surface area contributed by atoms with Crippen LogP contribution in [-0.4, -0.2) is 161 Å². The molecule has 0 aromatic heterocycles. The Morgan fingerprint density at radius 3 is 1.65 bits per heavy atom.